The summed E-state index contributed by atoms with van der Waals surface area (Å²) in [6.07, 6.45) is 2.55. The molecule has 20 heavy (non-hydrogen) atoms. The van der Waals surface area contributed by atoms with Crippen LogP contribution in [0.5, 0.6) is 5.75 Å². The van der Waals surface area contributed by atoms with Crippen molar-refractivity contribution in [2.75, 3.05) is 5.75 Å². The highest BCUT2D eigenvalue weighted by Crippen LogP contribution is 2.35. The van der Waals surface area contributed by atoms with Crippen LogP contribution in [0.2, 0.25) is 0 Å². The normalized spacial score (nSPS) is 19.0. The smallest absolute Gasteiger partial charge is 0.133 e. The second-order valence-corrected chi connectivity index (χ2v) is 6.73. The van der Waals surface area contributed by atoms with Gasteiger partial charge >= 0.3 is 0 Å². The summed E-state index contributed by atoms with van der Waals surface area (Å²) in [7, 11) is 0. The lowest BCUT2D eigenvalue weighted by atomic mass is 10.1. The van der Waals surface area contributed by atoms with Gasteiger partial charge in [0.1, 0.15) is 11.9 Å². The summed E-state index contributed by atoms with van der Waals surface area (Å²) in [5.74, 6) is 1.82. The maximum Gasteiger partial charge on any atom is 0.133 e. The molecule has 5 heteroatoms. The van der Waals surface area contributed by atoms with E-state index in [4.69, 9.17) is 10.5 Å². The molecule has 2 heterocycles. The van der Waals surface area contributed by atoms with Gasteiger partial charge in [-0.25, -0.2) is 0 Å². The number of thioether (sulfide) groups is 1. The highest BCUT2D eigenvalue weighted by atomic mass is 79.9. The third-order valence-electron chi connectivity index (χ3n) is 3.24. The van der Waals surface area contributed by atoms with Gasteiger partial charge in [-0.05, 0) is 40.2 Å². The van der Waals surface area contributed by atoms with E-state index < -0.39 is 0 Å². The molecule has 3 rings (SSSR count). The minimum atomic E-state index is -0.0514. The Morgan fingerprint density at radius 2 is 2.20 bits per heavy atom. The predicted octanol–water partition coefficient (Wildman–Crippen LogP) is 3.27. The van der Waals surface area contributed by atoms with E-state index in [1.54, 1.807) is 18.0 Å². The Balaban J connectivity index is 1.67. The summed E-state index contributed by atoms with van der Waals surface area (Å²) in [4.78, 5) is 5.56. The number of ether oxygens (including phenoxy) is 1. The van der Waals surface area contributed by atoms with Crippen LogP contribution in [0.15, 0.2) is 52.0 Å². The molecule has 2 N–H and O–H groups in total. The van der Waals surface area contributed by atoms with Gasteiger partial charge in [0.25, 0.3) is 0 Å². The lowest BCUT2D eigenvalue weighted by Crippen LogP contribution is -2.43. The fourth-order valence-corrected chi connectivity index (χ4v) is 3.47. The Morgan fingerprint density at radius 3 is 3.00 bits per heavy atom. The number of rotatable bonds is 3. The van der Waals surface area contributed by atoms with Crippen molar-refractivity contribution in [2.24, 2.45) is 5.73 Å². The van der Waals surface area contributed by atoms with Gasteiger partial charge in [0.2, 0.25) is 0 Å². The standard InChI is InChI=1S/C15H15BrN2OS/c16-10-5-6-11(18-8-10)7-12(17)14-9-20-15-4-2-1-3-13(15)19-14/h1-6,8,12,14H,7,9,17H2. The first-order valence-electron chi connectivity index (χ1n) is 6.47. The van der Waals surface area contributed by atoms with E-state index in [1.165, 1.54) is 4.90 Å². The molecule has 0 bridgehead atoms. The van der Waals surface area contributed by atoms with Crippen molar-refractivity contribution in [2.45, 2.75) is 23.5 Å². The molecule has 2 atom stereocenters. The summed E-state index contributed by atoms with van der Waals surface area (Å²) in [6, 6.07) is 12.0. The molecule has 1 aliphatic rings. The van der Waals surface area contributed by atoms with Crippen molar-refractivity contribution in [3.63, 3.8) is 0 Å². The van der Waals surface area contributed by atoms with E-state index in [-0.39, 0.29) is 12.1 Å². The van der Waals surface area contributed by atoms with Crippen LogP contribution in [-0.4, -0.2) is 22.9 Å². The van der Waals surface area contributed by atoms with Crippen LogP contribution in [0, 0.1) is 0 Å². The van der Waals surface area contributed by atoms with Crippen LogP contribution in [0.25, 0.3) is 0 Å². The average molecular weight is 351 g/mol. The number of halogens is 1. The molecule has 0 saturated heterocycles. The first-order chi connectivity index (χ1) is 9.72. The molecule has 2 unspecified atom stereocenters. The summed E-state index contributed by atoms with van der Waals surface area (Å²) in [5.41, 5.74) is 7.28. The number of aromatic nitrogens is 1. The molecule has 2 aromatic rings. The van der Waals surface area contributed by atoms with E-state index in [9.17, 15) is 0 Å². The highest BCUT2D eigenvalue weighted by molar-refractivity contribution is 9.10. The molecular formula is C15H15BrN2OS. The number of hydrogen-bond acceptors (Lipinski definition) is 4. The van der Waals surface area contributed by atoms with Crippen LogP contribution in [0.1, 0.15) is 5.69 Å². The van der Waals surface area contributed by atoms with Crippen LogP contribution >= 0.6 is 27.7 Å². The van der Waals surface area contributed by atoms with Crippen molar-refractivity contribution in [3.05, 3.63) is 52.8 Å². The summed E-state index contributed by atoms with van der Waals surface area (Å²) in [5, 5.41) is 0. The zero-order valence-corrected chi connectivity index (χ0v) is 13.2. The van der Waals surface area contributed by atoms with Gasteiger partial charge in [-0.3, -0.25) is 4.98 Å². The van der Waals surface area contributed by atoms with E-state index in [0.29, 0.717) is 0 Å². The molecule has 104 valence electrons. The first kappa shape index (κ1) is 13.9. The predicted molar refractivity (Wildman–Crippen MR) is 85.2 cm³/mol. The molecule has 1 aromatic heterocycles. The molecule has 0 saturated carbocycles. The Morgan fingerprint density at radius 1 is 1.35 bits per heavy atom. The molecule has 0 spiro atoms. The van der Waals surface area contributed by atoms with E-state index >= 15 is 0 Å². The van der Waals surface area contributed by atoms with Gasteiger partial charge in [0.05, 0.1) is 0 Å². The quantitative estimate of drug-likeness (QED) is 0.922. The maximum absolute atomic E-state index is 6.29. The number of pyridine rings is 1. The number of nitrogens with zero attached hydrogens (tertiary/aromatic N) is 1. The maximum atomic E-state index is 6.29. The van der Waals surface area contributed by atoms with Crippen molar-refractivity contribution in [1.29, 1.82) is 0 Å². The number of benzene rings is 1. The fraction of sp³-hybridized carbons (Fsp3) is 0.267. The van der Waals surface area contributed by atoms with Crippen molar-refractivity contribution < 1.29 is 4.74 Å². The second-order valence-electron chi connectivity index (χ2n) is 4.75. The zero-order valence-electron chi connectivity index (χ0n) is 10.8. The third-order valence-corrected chi connectivity index (χ3v) is 4.85. The first-order valence-corrected chi connectivity index (χ1v) is 8.25. The van der Waals surface area contributed by atoms with Gasteiger partial charge < -0.3 is 10.5 Å². The number of para-hydroxylation sites is 1. The summed E-state index contributed by atoms with van der Waals surface area (Å²) in [6.45, 7) is 0. The van der Waals surface area contributed by atoms with Gasteiger partial charge in [0, 0.05) is 39.5 Å². The van der Waals surface area contributed by atoms with Crippen molar-refractivity contribution in [3.8, 4) is 5.75 Å². The van der Waals surface area contributed by atoms with Gasteiger partial charge in [-0.15, -0.1) is 11.8 Å². The Labute approximate surface area is 131 Å². The summed E-state index contributed by atoms with van der Waals surface area (Å²) >= 11 is 5.19. The largest absolute Gasteiger partial charge is 0.487 e. The van der Waals surface area contributed by atoms with Crippen molar-refractivity contribution >= 4 is 27.7 Å². The topological polar surface area (TPSA) is 48.1 Å². The molecule has 0 radical (unpaired) electrons. The lowest BCUT2D eigenvalue weighted by molar-refractivity contribution is 0.183. The molecule has 3 nitrogen and oxygen atoms in total. The average Bonchev–Trinajstić information content (AvgIpc) is 2.49. The van der Waals surface area contributed by atoms with Crippen LogP contribution in [-0.2, 0) is 6.42 Å². The number of nitrogens with two attached hydrogens (primary N) is 1. The Kier molecular flexibility index (Phi) is 4.29. The Bertz CT molecular complexity index is 591. The highest BCUT2D eigenvalue weighted by Gasteiger charge is 2.26. The van der Waals surface area contributed by atoms with Crippen molar-refractivity contribution in [1.82, 2.24) is 4.98 Å². The number of fused-ring (bicyclic) bond motifs is 1. The summed E-state index contributed by atoms with van der Waals surface area (Å²) < 4.78 is 6.99. The van der Waals surface area contributed by atoms with Gasteiger partial charge in [-0.1, -0.05) is 12.1 Å². The lowest BCUT2D eigenvalue weighted by Gasteiger charge is -2.29. The van der Waals surface area contributed by atoms with Crippen LogP contribution < -0.4 is 10.5 Å². The SMILES string of the molecule is NC(Cc1ccc(Br)cn1)C1CSc2ccccc2O1. The zero-order chi connectivity index (χ0) is 13.9. The monoisotopic (exact) mass is 350 g/mol. The van der Waals surface area contributed by atoms with Gasteiger partial charge in [0.15, 0.2) is 0 Å². The van der Waals surface area contributed by atoms with E-state index in [2.05, 4.69) is 27.0 Å². The minimum Gasteiger partial charge on any atom is -0.487 e. The number of hydrogen-bond donors (Lipinski definition) is 1. The van der Waals surface area contributed by atoms with Crippen LogP contribution in [0.4, 0.5) is 0 Å². The molecule has 0 fully saturated rings. The van der Waals surface area contributed by atoms with E-state index in [1.807, 2.05) is 30.3 Å². The molecule has 0 aliphatic carbocycles. The third kappa shape index (κ3) is 3.16. The van der Waals surface area contributed by atoms with Gasteiger partial charge in [-0.2, -0.15) is 0 Å². The fourth-order valence-electron chi connectivity index (χ4n) is 2.15. The molecule has 1 aliphatic heterocycles. The molecule has 0 amide bonds. The van der Waals surface area contributed by atoms with E-state index in [0.717, 1.165) is 28.1 Å². The molecule has 1 aromatic carbocycles. The van der Waals surface area contributed by atoms with Crippen LogP contribution in [0.3, 0.4) is 0 Å². The second kappa shape index (κ2) is 6.16. The Hall–Kier alpha value is -1.04. The molecular weight excluding hydrogens is 336 g/mol. The minimum absolute atomic E-state index is 0.0281.